The van der Waals surface area contributed by atoms with E-state index in [-0.39, 0.29) is 0 Å². The molecule has 2 saturated heterocycles. The first-order chi connectivity index (χ1) is 10.1. The zero-order valence-corrected chi connectivity index (χ0v) is 14.0. The smallest absolute Gasteiger partial charge is 0.0325 e. The molecule has 0 aliphatic carbocycles. The minimum atomic E-state index is 0.526. The minimum absolute atomic E-state index is 0.526. The van der Waals surface area contributed by atoms with Crippen molar-refractivity contribution < 1.29 is 0 Å². The molecule has 2 heteroatoms. The largest absolute Gasteiger partial charge is 0.311 e. The lowest BCUT2D eigenvalue weighted by atomic mass is 9.93. The maximum atomic E-state index is 3.77. The van der Waals surface area contributed by atoms with E-state index in [0.717, 1.165) is 24.7 Å². The Bertz CT molecular complexity index is 484. The van der Waals surface area contributed by atoms with Crippen molar-refractivity contribution in [3.05, 3.63) is 34.9 Å². The van der Waals surface area contributed by atoms with E-state index < -0.39 is 0 Å². The van der Waals surface area contributed by atoms with E-state index in [9.17, 15) is 0 Å². The molecule has 2 heterocycles. The molecule has 3 atom stereocenters. The lowest BCUT2D eigenvalue weighted by Gasteiger charge is -2.41. The van der Waals surface area contributed by atoms with Crippen LogP contribution in [0.5, 0.6) is 0 Å². The third-order valence-electron chi connectivity index (χ3n) is 5.66. The van der Waals surface area contributed by atoms with Crippen LogP contribution in [0.15, 0.2) is 18.2 Å². The van der Waals surface area contributed by atoms with Gasteiger partial charge in [-0.2, -0.15) is 0 Å². The summed E-state index contributed by atoms with van der Waals surface area (Å²) in [7, 11) is 0. The van der Waals surface area contributed by atoms with Crippen LogP contribution in [0, 0.1) is 13.8 Å². The van der Waals surface area contributed by atoms with Gasteiger partial charge >= 0.3 is 0 Å². The van der Waals surface area contributed by atoms with E-state index in [1.165, 1.54) is 42.4 Å². The van der Waals surface area contributed by atoms with E-state index in [4.69, 9.17) is 0 Å². The van der Waals surface area contributed by atoms with Crippen LogP contribution in [-0.4, -0.2) is 29.6 Å². The summed E-state index contributed by atoms with van der Waals surface area (Å²) in [5.41, 5.74) is 4.32. The molecular formula is C19H30N2. The second-order valence-electron chi connectivity index (χ2n) is 7.13. The van der Waals surface area contributed by atoms with Gasteiger partial charge in [0, 0.05) is 24.2 Å². The van der Waals surface area contributed by atoms with Crippen LogP contribution in [0.3, 0.4) is 0 Å². The Morgan fingerprint density at radius 3 is 2.43 bits per heavy atom. The van der Waals surface area contributed by atoms with Crippen LogP contribution in [0.2, 0.25) is 0 Å². The van der Waals surface area contributed by atoms with Crippen molar-refractivity contribution in [1.82, 2.24) is 10.2 Å². The second kappa shape index (κ2) is 6.10. The predicted octanol–water partition coefficient (Wildman–Crippen LogP) is 3.97. The van der Waals surface area contributed by atoms with Gasteiger partial charge in [0.1, 0.15) is 0 Å². The van der Waals surface area contributed by atoms with Gasteiger partial charge in [0.05, 0.1) is 0 Å². The average molecular weight is 286 g/mol. The van der Waals surface area contributed by atoms with Gasteiger partial charge in [-0.15, -0.1) is 0 Å². The first-order valence-electron chi connectivity index (χ1n) is 8.67. The van der Waals surface area contributed by atoms with Gasteiger partial charge in [-0.05, 0) is 64.1 Å². The summed E-state index contributed by atoms with van der Waals surface area (Å²) in [4.78, 5) is 2.74. The van der Waals surface area contributed by atoms with E-state index in [2.05, 4.69) is 56.1 Å². The highest BCUT2D eigenvalue weighted by Crippen LogP contribution is 2.34. The van der Waals surface area contributed by atoms with E-state index in [0.29, 0.717) is 6.04 Å². The molecule has 21 heavy (non-hydrogen) atoms. The Kier molecular flexibility index (Phi) is 4.37. The summed E-state index contributed by atoms with van der Waals surface area (Å²) in [5, 5.41) is 3.77. The van der Waals surface area contributed by atoms with Crippen molar-refractivity contribution in [2.75, 3.05) is 6.54 Å². The summed E-state index contributed by atoms with van der Waals surface area (Å²) in [5.74, 6) is 0. The van der Waals surface area contributed by atoms with Crippen LogP contribution in [0.25, 0.3) is 0 Å². The molecule has 1 aromatic carbocycles. The monoisotopic (exact) mass is 286 g/mol. The van der Waals surface area contributed by atoms with Crippen LogP contribution < -0.4 is 5.32 Å². The third kappa shape index (κ3) is 3.02. The molecule has 0 radical (unpaired) electrons. The molecule has 1 aromatic rings. The lowest BCUT2D eigenvalue weighted by molar-refractivity contribution is 0.107. The molecular weight excluding hydrogens is 256 g/mol. The lowest BCUT2D eigenvalue weighted by Crippen LogP contribution is -2.48. The van der Waals surface area contributed by atoms with Gasteiger partial charge in [-0.3, -0.25) is 4.90 Å². The summed E-state index contributed by atoms with van der Waals surface area (Å²) >= 11 is 0. The van der Waals surface area contributed by atoms with Crippen LogP contribution in [0.4, 0.5) is 0 Å². The van der Waals surface area contributed by atoms with Crippen molar-refractivity contribution in [2.24, 2.45) is 0 Å². The van der Waals surface area contributed by atoms with Gasteiger partial charge < -0.3 is 5.32 Å². The van der Waals surface area contributed by atoms with Crippen LogP contribution in [0.1, 0.15) is 62.3 Å². The fraction of sp³-hybridized carbons (Fsp3) is 0.684. The first-order valence-corrected chi connectivity index (χ1v) is 8.67. The molecule has 2 aliphatic rings. The van der Waals surface area contributed by atoms with Crippen molar-refractivity contribution in [3.63, 3.8) is 0 Å². The molecule has 3 rings (SSSR count). The van der Waals surface area contributed by atoms with Crippen molar-refractivity contribution >= 4 is 0 Å². The van der Waals surface area contributed by atoms with Gasteiger partial charge in [-0.1, -0.05) is 30.7 Å². The minimum Gasteiger partial charge on any atom is -0.311 e. The van der Waals surface area contributed by atoms with Gasteiger partial charge in [0.15, 0.2) is 0 Å². The average Bonchev–Trinajstić information content (AvgIpc) is 2.78. The Balaban J connectivity index is 1.79. The molecule has 116 valence electrons. The summed E-state index contributed by atoms with van der Waals surface area (Å²) < 4.78 is 0. The second-order valence-corrected chi connectivity index (χ2v) is 7.13. The highest BCUT2D eigenvalue weighted by molar-refractivity contribution is 5.32. The Morgan fingerprint density at radius 1 is 1.19 bits per heavy atom. The van der Waals surface area contributed by atoms with E-state index in [1.54, 1.807) is 0 Å². The number of aryl methyl sites for hydroxylation is 2. The van der Waals surface area contributed by atoms with Crippen LogP contribution >= 0.6 is 0 Å². The van der Waals surface area contributed by atoms with Crippen molar-refractivity contribution in [2.45, 2.75) is 77.5 Å². The fourth-order valence-electron chi connectivity index (χ4n) is 4.62. The number of nitrogens with zero attached hydrogens (tertiary/aromatic N) is 1. The molecule has 0 spiro atoms. The van der Waals surface area contributed by atoms with E-state index >= 15 is 0 Å². The van der Waals surface area contributed by atoms with Crippen molar-refractivity contribution in [3.8, 4) is 0 Å². The maximum absolute atomic E-state index is 3.77. The summed E-state index contributed by atoms with van der Waals surface area (Å²) in [6.07, 6.45) is 5.44. The number of hydrogen-bond donors (Lipinski definition) is 1. The highest BCUT2D eigenvalue weighted by atomic mass is 15.2. The quantitative estimate of drug-likeness (QED) is 0.901. The molecule has 2 fully saturated rings. The molecule has 2 bridgehead atoms. The number of fused-ring (bicyclic) bond motifs is 2. The number of nitrogens with one attached hydrogen (secondary N) is 1. The Hall–Kier alpha value is -0.860. The zero-order chi connectivity index (χ0) is 15.0. The molecule has 2 nitrogen and oxygen atoms in total. The fourth-order valence-corrected chi connectivity index (χ4v) is 4.62. The molecule has 0 saturated carbocycles. The first kappa shape index (κ1) is 15.1. The molecule has 3 unspecified atom stereocenters. The predicted molar refractivity (Wildman–Crippen MR) is 89.7 cm³/mol. The Morgan fingerprint density at radius 2 is 1.86 bits per heavy atom. The number of hydrogen-bond acceptors (Lipinski definition) is 2. The molecule has 0 amide bonds. The number of benzene rings is 1. The highest BCUT2D eigenvalue weighted by Gasteiger charge is 2.37. The SMILES string of the molecule is CCN(C1CC2CCC(C1)N2)C(C)c1ccc(C)cc1C. The number of rotatable bonds is 4. The van der Waals surface area contributed by atoms with Gasteiger partial charge in [0.2, 0.25) is 0 Å². The van der Waals surface area contributed by atoms with E-state index in [1.807, 2.05) is 0 Å². The summed E-state index contributed by atoms with van der Waals surface area (Å²) in [6.45, 7) is 10.3. The van der Waals surface area contributed by atoms with Crippen molar-refractivity contribution in [1.29, 1.82) is 0 Å². The normalized spacial score (nSPS) is 29.9. The van der Waals surface area contributed by atoms with Gasteiger partial charge in [0.25, 0.3) is 0 Å². The molecule has 1 N–H and O–H groups in total. The zero-order valence-electron chi connectivity index (χ0n) is 14.0. The molecule has 2 aliphatic heterocycles. The molecule has 0 aromatic heterocycles. The standard InChI is InChI=1S/C19H30N2/c1-5-21(18-11-16-7-8-17(12-18)20-16)15(4)19-9-6-13(2)10-14(19)3/h6,9-10,15-18,20H,5,7-8,11-12H2,1-4H3. The summed E-state index contributed by atoms with van der Waals surface area (Å²) in [6, 6.07) is 9.75. The Labute approximate surface area is 129 Å². The number of piperidine rings is 1. The van der Waals surface area contributed by atoms with Crippen LogP contribution in [-0.2, 0) is 0 Å². The maximum Gasteiger partial charge on any atom is 0.0325 e. The topological polar surface area (TPSA) is 15.3 Å². The van der Waals surface area contributed by atoms with Gasteiger partial charge in [-0.25, -0.2) is 0 Å². The third-order valence-corrected chi connectivity index (χ3v) is 5.66.